The van der Waals surface area contributed by atoms with Crippen LogP contribution in [0.15, 0.2) is 75.4 Å². The van der Waals surface area contributed by atoms with E-state index in [2.05, 4.69) is 94.4 Å². The number of likely N-dealkylation sites (tertiary alicyclic amines) is 2. The summed E-state index contributed by atoms with van der Waals surface area (Å²) in [7, 11) is 0. The summed E-state index contributed by atoms with van der Waals surface area (Å²) >= 11 is 5.28. The lowest BCUT2D eigenvalue weighted by Gasteiger charge is -2.54. The highest BCUT2D eigenvalue weighted by atomic mass is 79.9. The molecule has 7 fully saturated rings. The average molecular weight is 1140 g/mol. The topological polar surface area (TPSA) is 162 Å². The van der Waals surface area contributed by atoms with Crippen LogP contribution in [-0.4, -0.2) is 129 Å². The average Bonchev–Trinajstić information content (AvgIpc) is 4.24. The van der Waals surface area contributed by atoms with Crippen LogP contribution < -0.4 is 16.2 Å². The molecule has 0 radical (unpaired) electrons. The van der Waals surface area contributed by atoms with Gasteiger partial charge < -0.3 is 30.3 Å². The monoisotopic (exact) mass is 1140 g/mol. The number of aryl methyl sites for hydroxylation is 1. The van der Waals surface area contributed by atoms with E-state index in [4.69, 9.17) is 9.72 Å². The first-order valence-electron chi connectivity index (χ1n) is 29.0. The number of amides is 3. The van der Waals surface area contributed by atoms with Crippen LogP contribution in [0.1, 0.15) is 151 Å². The van der Waals surface area contributed by atoms with E-state index in [1.807, 2.05) is 45.3 Å². The van der Waals surface area contributed by atoms with E-state index in [1.54, 1.807) is 11.3 Å². The summed E-state index contributed by atoms with van der Waals surface area (Å²) in [5.41, 5.74) is 8.31. The van der Waals surface area contributed by atoms with Gasteiger partial charge >= 0.3 is 0 Å². The molecule has 1 spiro atoms. The van der Waals surface area contributed by atoms with Gasteiger partial charge in [-0.1, -0.05) is 82.5 Å². The fourth-order valence-electron chi connectivity index (χ4n) is 15.1. The van der Waals surface area contributed by atoms with Gasteiger partial charge in [-0.15, -0.1) is 11.3 Å². The van der Waals surface area contributed by atoms with Crippen molar-refractivity contribution >= 4 is 55.9 Å². The van der Waals surface area contributed by atoms with Gasteiger partial charge in [0, 0.05) is 49.0 Å². The number of nitrogens with zero attached hydrogens (tertiary/aromatic N) is 6. The third-order valence-electron chi connectivity index (χ3n) is 19.7. The van der Waals surface area contributed by atoms with Crippen molar-refractivity contribution < 1.29 is 24.2 Å². The number of benzene rings is 3. The third-order valence-corrected chi connectivity index (χ3v) is 21.4. The number of halogens is 1. The van der Waals surface area contributed by atoms with E-state index in [1.165, 1.54) is 28.1 Å². The van der Waals surface area contributed by atoms with Gasteiger partial charge in [0.25, 0.3) is 5.56 Å². The highest BCUT2D eigenvalue weighted by Crippen LogP contribution is 2.58. The maximum absolute atomic E-state index is 14.9. The summed E-state index contributed by atoms with van der Waals surface area (Å²) in [6, 6.07) is 19.4. The molecule has 16 heteroatoms. The van der Waals surface area contributed by atoms with Crippen LogP contribution in [0.2, 0.25) is 0 Å². The number of carbonyl (C=O) groups excluding carboxylic acids is 3. The van der Waals surface area contributed by atoms with Gasteiger partial charge in [0.15, 0.2) is 0 Å². The van der Waals surface area contributed by atoms with Crippen LogP contribution in [-0.2, 0) is 24.5 Å². The molecule has 6 heterocycles. The first-order chi connectivity index (χ1) is 37.5. The Balaban J connectivity index is 0.686. The molecule has 4 aliphatic carbocycles. The van der Waals surface area contributed by atoms with Crippen molar-refractivity contribution in [1.82, 2.24) is 39.9 Å². The number of aliphatic hydroxyl groups is 1. The molecule has 3 N–H and O–H groups in total. The lowest BCUT2D eigenvalue weighted by molar-refractivity contribution is -0.150. The number of hydrogen-bond acceptors (Lipinski definition) is 11. The van der Waals surface area contributed by atoms with Crippen molar-refractivity contribution in [3.63, 3.8) is 0 Å². The fraction of sp³-hybridized carbons (Fsp3) is 0.581. The molecule has 3 aromatic carbocycles. The number of morpholine rings is 1. The molecule has 2 bridgehead atoms. The van der Waals surface area contributed by atoms with E-state index in [0.29, 0.717) is 31.1 Å². The molecule has 4 atom stereocenters. The Hall–Kier alpha value is -4.84. The van der Waals surface area contributed by atoms with E-state index < -0.39 is 29.0 Å². The number of carbonyl (C=O) groups is 3. The number of aliphatic hydroxyl groups excluding tert-OH is 1. The van der Waals surface area contributed by atoms with Crippen LogP contribution in [0.25, 0.3) is 27.0 Å². The Bertz CT molecular complexity index is 3120. The summed E-state index contributed by atoms with van der Waals surface area (Å²) in [5.74, 6) is 0.686. The molecule has 13 rings (SSSR count). The number of piperidine rings is 1. The maximum Gasteiger partial charge on any atom is 0.281 e. The third kappa shape index (κ3) is 9.89. The second kappa shape index (κ2) is 21.2. The molecule has 3 saturated heterocycles. The summed E-state index contributed by atoms with van der Waals surface area (Å²) in [4.78, 5) is 74.7. The smallest absolute Gasteiger partial charge is 0.281 e. The van der Waals surface area contributed by atoms with Gasteiger partial charge in [0.2, 0.25) is 17.7 Å². The Morgan fingerprint density at radius 3 is 2.28 bits per heavy atom. The van der Waals surface area contributed by atoms with Gasteiger partial charge in [-0.3, -0.25) is 28.6 Å². The number of ether oxygens (including phenoxy) is 1. The Kier molecular flexibility index (Phi) is 14.6. The minimum absolute atomic E-state index is 0.0283. The minimum atomic E-state index is -0.886. The minimum Gasteiger partial charge on any atom is -0.391 e. The van der Waals surface area contributed by atoms with Gasteiger partial charge in [-0.05, 0) is 157 Å². The molecule has 4 aliphatic heterocycles. The predicted molar refractivity (Wildman–Crippen MR) is 308 cm³/mol. The highest BCUT2D eigenvalue weighted by Gasteiger charge is 2.55. The fourth-order valence-corrected chi connectivity index (χ4v) is 16.4. The molecule has 5 aromatic rings. The summed E-state index contributed by atoms with van der Waals surface area (Å²) in [6.45, 7) is 14.4. The molecule has 3 amide bonds. The molecule has 78 heavy (non-hydrogen) atoms. The number of thiazole rings is 1. The van der Waals surface area contributed by atoms with Gasteiger partial charge in [0.05, 0.1) is 63.4 Å². The van der Waals surface area contributed by atoms with Gasteiger partial charge in [0.1, 0.15) is 17.9 Å². The zero-order valence-corrected chi connectivity index (χ0v) is 48.4. The van der Waals surface area contributed by atoms with Crippen molar-refractivity contribution in [2.45, 2.75) is 153 Å². The lowest BCUT2D eigenvalue weighted by Crippen LogP contribution is -2.61. The first-order valence-corrected chi connectivity index (χ1v) is 30.7. The van der Waals surface area contributed by atoms with Crippen molar-refractivity contribution in [3.05, 3.63) is 109 Å². The zero-order chi connectivity index (χ0) is 54.1. The quantitative estimate of drug-likeness (QED) is 0.110. The largest absolute Gasteiger partial charge is 0.391 e. The summed E-state index contributed by atoms with van der Waals surface area (Å²) in [6.07, 6.45) is 12.3. The van der Waals surface area contributed by atoms with Crippen molar-refractivity contribution in [2.24, 2.45) is 16.2 Å². The molecule has 4 saturated carbocycles. The maximum atomic E-state index is 14.9. The van der Waals surface area contributed by atoms with E-state index in [-0.39, 0.29) is 53.1 Å². The Morgan fingerprint density at radius 1 is 0.885 bits per heavy atom. The van der Waals surface area contributed by atoms with Crippen LogP contribution in [0.4, 0.5) is 0 Å². The molecule has 414 valence electrons. The Morgan fingerprint density at radius 2 is 1.60 bits per heavy atom. The number of rotatable bonds is 12. The number of β-amino-alcohol motifs (C(OH)–C–C–N with tert-alkyl or cyclic N) is 1. The van der Waals surface area contributed by atoms with E-state index in [9.17, 15) is 24.3 Å². The van der Waals surface area contributed by atoms with Crippen LogP contribution in [0, 0.1) is 23.2 Å². The molecular weight excluding hydrogens is 1060 g/mol. The standard InChI is InChI=1S/C62H77BrN8O6S/c1-39-52(78-38-64-39)42-13-11-41(12-14-42)47(36-68-29-31-77-32-30-68)65-54(73)50-34-44(72)35-70(50)56(75)53(59(2,3)4)66-58(76)61-24-21-60(22-25-61,23-26-61)37-69-27-17-40(18-28-69)43-15-16-45-49(33-43)71-48-10-8-9-46(63)51(48)55(74)67-57(71)62(45)19-6-5-7-20-62/h8-16,33,38,40,44,47,50,53,72H,5-7,17-32,34-37H2,1-4H3,(H,65,73)(H,66,76)/t44?,47-,50-,53+,60?,61?/m0/s1. The molecular formula is C62H77BrN8O6S. The number of hydrogen-bond donors (Lipinski definition) is 3. The van der Waals surface area contributed by atoms with Crippen molar-refractivity contribution in [3.8, 4) is 16.1 Å². The second-order valence-electron chi connectivity index (χ2n) is 25.5. The zero-order valence-electron chi connectivity index (χ0n) is 46.0. The van der Waals surface area contributed by atoms with Gasteiger partial charge in [-0.2, -0.15) is 4.98 Å². The molecule has 14 nitrogen and oxygen atoms in total. The molecule has 1 unspecified atom stereocenters. The van der Waals surface area contributed by atoms with Crippen LogP contribution in [0.3, 0.4) is 0 Å². The highest BCUT2D eigenvalue weighted by molar-refractivity contribution is 9.10. The van der Waals surface area contributed by atoms with Crippen LogP contribution in [0.5, 0.6) is 0 Å². The SMILES string of the molecule is Cc1ncsc1-c1ccc([C@H](CN2CCOCC2)NC(=O)[C@@H]2CC(O)CN2C(=O)[C@@H](NC(=O)C23CCC(CN4CCC(c5ccc6c(c5)-n5c(nc(=O)c7c(Br)cccc75)C65CCCCC5)CC4)(CC2)CC3)C(C)(C)C)cc1. The van der Waals surface area contributed by atoms with E-state index in [0.717, 1.165) is 147 Å². The summed E-state index contributed by atoms with van der Waals surface area (Å²) < 4.78 is 8.75. The molecule has 2 aromatic heterocycles. The van der Waals surface area contributed by atoms with Crippen molar-refractivity contribution in [1.29, 1.82) is 0 Å². The second-order valence-corrected chi connectivity index (χ2v) is 27.2. The van der Waals surface area contributed by atoms with Gasteiger partial charge in [-0.25, -0.2) is 4.98 Å². The van der Waals surface area contributed by atoms with Crippen LogP contribution >= 0.6 is 27.3 Å². The van der Waals surface area contributed by atoms with Crippen molar-refractivity contribution in [2.75, 3.05) is 59.0 Å². The number of nitrogens with one attached hydrogen (secondary N) is 2. The normalized spacial score (nSPS) is 26.2. The number of aromatic nitrogens is 3. The first kappa shape index (κ1) is 53.8. The predicted octanol–water partition coefficient (Wildman–Crippen LogP) is 9.35. The van der Waals surface area contributed by atoms with E-state index >= 15 is 0 Å². The number of fused-ring (bicyclic) bond motifs is 10. The molecule has 8 aliphatic rings. The summed E-state index contributed by atoms with van der Waals surface area (Å²) in [5, 5.41) is 18.4. The Labute approximate surface area is 471 Å². The lowest BCUT2D eigenvalue weighted by atomic mass is 9.53.